The van der Waals surface area contributed by atoms with Gasteiger partial charge in [0.05, 0.1) is 46.7 Å². The first-order valence-corrected chi connectivity index (χ1v) is 22.6. The van der Waals surface area contributed by atoms with E-state index in [-0.39, 0.29) is 41.8 Å². The number of para-hydroxylation sites is 2. The van der Waals surface area contributed by atoms with Gasteiger partial charge in [-0.25, -0.2) is 4.98 Å². The van der Waals surface area contributed by atoms with Crippen LogP contribution >= 0.6 is 23.2 Å². The Morgan fingerprint density at radius 3 is 2.28 bits per heavy atom. The number of halogens is 2. The summed E-state index contributed by atoms with van der Waals surface area (Å²) < 4.78 is 17.6. The number of hydrogen-bond donors (Lipinski definition) is 2. The van der Waals surface area contributed by atoms with Crippen LogP contribution in [0.5, 0.6) is 17.2 Å². The SMILES string of the molecule is COc1ccc(C23C(=O)N(Nc4ccc(Cl)cc4Cl)C(=O)C2CC2C(=CCC4C(=O)N(c5ccc(-c6nc7ccccc7o6)cc5)C(=O)C42)C3c2ccc(OCc3ccccc3)cc2O)cc1. The molecule has 2 aliphatic heterocycles. The number of rotatable bonds is 10. The zero-order valence-electron chi connectivity index (χ0n) is 35.8. The van der Waals surface area contributed by atoms with E-state index in [1.165, 1.54) is 24.1 Å². The van der Waals surface area contributed by atoms with Crippen molar-refractivity contribution < 1.29 is 38.2 Å². The van der Waals surface area contributed by atoms with Crippen LogP contribution in [0, 0.1) is 23.7 Å². The predicted molar refractivity (Wildman–Crippen MR) is 251 cm³/mol. The molecule has 2 N–H and O–H groups in total. The summed E-state index contributed by atoms with van der Waals surface area (Å²) >= 11 is 12.9. The Bertz CT molecular complexity index is 3140. The number of nitrogens with one attached hydrogen (secondary N) is 1. The van der Waals surface area contributed by atoms with Crippen LogP contribution in [0.1, 0.15) is 35.4 Å². The number of methoxy groups -OCH3 is 1. The van der Waals surface area contributed by atoms with Gasteiger partial charge in [0, 0.05) is 28.1 Å². The number of ether oxygens (including phenoxy) is 2. The van der Waals surface area contributed by atoms with Crippen molar-refractivity contribution in [3.8, 4) is 28.7 Å². The number of hydrazine groups is 1. The second-order valence-corrected chi connectivity index (χ2v) is 18.1. The monoisotopic (exact) mass is 930 g/mol. The van der Waals surface area contributed by atoms with E-state index in [4.69, 9.17) is 37.1 Å². The first kappa shape index (κ1) is 42.2. The molecule has 3 heterocycles. The number of aromatic hydroxyl groups is 1. The van der Waals surface area contributed by atoms with E-state index in [2.05, 4.69) is 10.4 Å². The number of aromatic nitrogens is 1. The molecule has 0 bridgehead atoms. The minimum absolute atomic E-state index is 0.0369. The highest BCUT2D eigenvalue weighted by Gasteiger charge is 2.70. The Kier molecular flexibility index (Phi) is 10.4. The quantitative estimate of drug-likeness (QED) is 0.100. The molecule has 12 nitrogen and oxygen atoms in total. The van der Waals surface area contributed by atoms with Crippen LogP contribution in [-0.4, -0.2) is 45.8 Å². The number of anilines is 2. The van der Waals surface area contributed by atoms with Crippen LogP contribution in [0.15, 0.2) is 156 Å². The van der Waals surface area contributed by atoms with Crippen LogP contribution in [0.4, 0.5) is 11.4 Å². The minimum atomic E-state index is -1.68. The van der Waals surface area contributed by atoms with E-state index >= 15 is 14.4 Å². The number of fused-ring (bicyclic) bond motifs is 5. The zero-order chi connectivity index (χ0) is 46.1. The van der Waals surface area contributed by atoms with E-state index in [0.29, 0.717) is 61.5 Å². The Morgan fingerprint density at radius 1 is 0.806 bits per heavy atom. The number of carbonyl (C=O) groups excluding carboxylic acids is 4. The number of phenols is 1. The van der Waals surface area contributed by atoms with Gasteiger partial charge in [-0.3, -0.25) is 29.5 Å². The van der Waals surface area contributed by atoms with Gasteiger partial charge >= 0.3 is 0 Å². The average molecular weight is 932 g/mol. The lowest BCUT2D eigenvalue weighted by molar-refractivity contribution is -0.138. The molecule has 4 aliphatic rings. The third kappa shape index (κ3) is 6.84. The number of allylic oxidation sites excluding steroid dienone is 2. The summed E-state index contributed by atoms with van der Waals surface area (Å²) in [7, 11) is 1.54. The molecule has 0 spiro atoms. The molecule has 1 saturated carbocycles. The van der Waals surface area contributed by atoms with Crippen molar-refractivity contribution in [1.82, 2.24) is 9.99 Å². The van der Waals surface area contributed by atoms with Gasteiger partial charge < -0.3 is 19.0 Å². The summed E-state index contributed by atoms with van der Waals surface area (Å²) in [6, 6.07) is 40.6. The summed E-state index contributed by atoms with van der Waals surface area (Å²) in [4.78, 5) is 66.4. The molecule has 3 fully saturated rings. The lowest BCUT2D eigenvalue weighted by atomic mass is 9.49. The number of amides is 4. The fourth-order valence-corrected chi connectivity index (χ4v) is 11.2. The molecular weight excluding hydrogens is 892 g/mol. The third-order valence-electron chi connectivity index (χ3n) is 13.8. The largest absolute Gasteiger partial charge is 0.508 e. The number of oxazole rings is 1. The molecule has 6 atom stereocenters. The van der Waals surface area contributed by atoms with E-state index in [0.717, 1.165) is 10.6 Å². The molecular formula is C53H40Cl2N4O8. The lowest BCUT2D eigenvalue weighted by Crippen LogP contribution is -2.53. The van der Waals surface area contributed by atoms with Crippen molar-refractivity contribution in [2.75, 3.05) is 17.4 Å². The molecule has 11 rings (SSSR count). The van der Waals surface area contributed by atoms with Gasteiger partial charge in [-0.15, -0.1) is 0 Å². The van der Waals surface area contributed by atoms with E-state index in [9.17, 15) is 9.90 Å². The second-order valence-electron chi connectivity index (χ2n) is 17.3. The molecule has 4 amide bonds. The van der Waals surface area contributed by atoms with Gasteiger partial charge in [0.2, 0.25) is 17.7 Å². The van der Waals surface area contributed by atoms with Crippen LogP contribution in [0.2, 0.25) is 10.0 Å². The van der Waals surface area contributed by atoms with E-state index < -0.39 is 52.7 Å². The Hall–Kier alpha value is -7.41. The maximum Gasteiger partial charge on any atom is 0.260 e. The average Bonchev–Trinajstić information content (AvgIpc) is 3.96. The molecule has 2 saturated heterocycles. The lowest BCUT2D eigenvalue weighted by Gasteiger charge is -2.50. The molecule has 0 radical (unpaired) electrons. The van der Waals surface area contributed by atoms with Crippen molar-refractivity contribution in [3.05, 3.63) is 178 Å². The first-order valence-electron chi connectivity index (χ1n) is 21.8. The van der Waals surface area contributed by atoms with Crippen LogP contribution in [0.25, 0.3) is 22.6 Å². The highest BCUT2D eigenvalue weighted by atomic mass is 35.5. The van der Waals surface area contributed by atoms with Crippen molar-refractivity contribution in [2.24, 2.45) is 23.7 Å². The zero-order valence-corrected chi connectivity index (χ0v) is 37.3. The molecule has 7 aromatic rings. The minimum Gasteiger partial charge on any atom is -0.508 e. The fourth-order valence-electron chi connectivity index (χ4n) is 10.8. The van der Waals surface area contributed by atoms with Crippen LogP contribution in [0.3, 0.4) is 0 Å². The maximum absolute atomic E-state index is 15.7. The summed E-state index contributed by atoms with van der Waals surface area (Å²) in [5.41, 5.74) is 6.43. The number of imide groups is 2. The smallest absolute Gasteiger partial charge is 0.260 e. The topological polar surface area (TPSA) is 152 Å². The molecule has 6 aromatic carbocycles. The Labute approximate surface area is 394 Å². The Balaban J connectivity index is 1.02. The van der Waals surface area contributed by atoms with Gasteiger partial charge in [0.15, 0.2) is 5.58 Å². The standard InChI is InChI=1S/C53H40Cl2N4O8/c1-65-34-18-13-31(14-19-34)53-40(50(62)59(52(53)64)57-42-24-15-32(54)25-41(42)55)27-39-36(47(53)37-21-20-35(26-44(37)60)66-28-29-7-3-2-4-8-29)22-23-38-46(39)51(63)58(49(38)61)33-16-11-30(12-17-33)48-56-43-9-5-6-10-45(43)67-48/h2-22,24-26,38-40,46-47,57,60H,23,27-28H2,1H3. The second kappa shape index (κ2) is 16.5. The maximum atomic E-state index is 15.7. The summed E-state index contributed by atoms with van der Waals surface area (Å²) in [6.07, 6.45) is 2.16. The summed E-state index contributed by atoms with van der Waals surface area (Å²) in [6.45, 7) is 0.240. The van der Waals surface area contributed by atoms with Gasteiger partial charge in [-0.1, -0.05) is 95.5 Å². The van der Waals surface area contributed by atoms with E-state index in [1.54, 1.807) is 72.8 Å². The molecule has 2 aliphatic carbocycles. The van der Waals surface area contributed by atoms with Crippen molar-refractivity contribution >= 4 is 69.3 Å². The number of hydrogen-bond acceptors (Lipinski definition) is 10. The van der Waals surface area contributed by atoms with Crippen molar-refractivity contribution in [3.63, 3.8) is 0 Å². The van der Waals surface area contributed by atoms with Crippen LogP contribution in [-0.2, 0) is 31.2 Å². The number of benzene rings is 6. The normalized spacial score (nSPS) is 23.2. The molecule has 6 unspecified atom stereocenters. The number of nitrogens with zero attached hydrogens (tertiary/aromatic N) is 3. The summed E-state index contributed by atoms with van der Waals surface area (Å²) in [5.74, 6) is -5.22. The van der Waals surface area contributed by atoms with E-state index in [1.807, 2.05) is 60.7 Å². The molecule has 1 aromatic heterocycles. The number of carbonyl (C=O) groups is 4. The highest BCUT2D eigenvalue weighted by molar-refractivity contribution is 6.36. The summed E-state index contributed by atoms with van der Waals surface area (Å²) in [5, 5.41) is 13.7. The van der Waals surface area contributed by atoms with Gasteiger partial charge in [-0.2, -0.15) is 5.01 Å². The third-order valence-corrected chi connectivity index (χ3v) is 14.4. The highest BCUT2D eigenvalue weighted by Crippen LogP contribution is 2.65. The first-order chi connectivity index (χ1) is 32.5. The fraction of sp³-hybridized carbons (Fsp3) is 0.189. The predicted octanol–water partition coefficient (Wildman–Crippen LogP) is 10.3. The molecule has 14 heteroatoms. The molecule has 67 heavy (non-hydrogen) atoms. The Morgan fingerprint density at radius 2 is 1.55 bits per heavy atom. The van der Waals surface area contributed by atoms with Gasteiger partial charge in [0.1, 0.15) is 29.4 Å². The molecule has 334 valence electrons. The van der Waals surface area contributed by atoms with Gasteiger partial charge in [0.25, 0.3) is 11.8 Å². The van der Waals surface area contributed by atoms with Crippen LogP contribution < -0.4 is 19.8 Å². The number of phenolic OH excluding ortho intramolecular Hbond substituents is 1. The van der Waals surface area contributed by atoms with Crippen molar-refractivity contribution in [1.29, 1.82) is 0 Å². The van der Waals surface area contributed by atoms with Gasteiger partial charge in [-0.05, 0) is 103 Å². The van der Waals surface area contributed by atoms with Crippen molar-refractivity contribution in [2.45, 2.75) is 30.8 Å².